The van der Waals surface area contributed by atoms with Crippen LogP contribution in [0.1, 0.15) is 37.4 Å². The molecule has 1 heterocycles. The van der Waals surface area contributed by atoms with Crippen molar-refractivity contribution >= 4 is 25.4 Å². The first kappa shape index (κ1) is 18.9. The molecular weight excluding hydrogens is 374 g/mol. The summed E-state index contributed by atoms with van der Waals surface area (Å²) in [6, 6.07) is 6.45. The number of nitrogens with zero attached hydrogens (tertiary/aromatic N) is 2. The van der Waals surface area contributed by atoms with Crippen molar-refractivity contribution in [1.82, 2.24) is 9.78 Å². The molecule has 142 valence electrons. The third-order valence-corrected chi connectivity index (χ3v) is 6.85. The fraction of sp³-hybridized carbons (Fsp3) is 0.471. The van der Waals surface area contributed by atoms with Crippen molar-refractivity contribution in [2.75, 3.05) is 17.8 Å². The average molecular weight is 398 g/mol. The summed E-state index contributed by atoms with van der Waals surface area (Å²) >= 11 is 0. The summed E-state index contributed by atoms with van der Waals surface area (Å²) in [7, 11) is -7.06. The van der Waals surface area contributed by atoms with Crippen molar-refractivity contribution < 1.29 is 16.8 Å². The van der Waals surface area contributed by atoms with E-state index in [0.717, 1.165) is 31.0 Å². The summed E-state index contributed by atoms with van der Waals surface area (Å²) in [4.78, 5) is -0.0513. The predicted octanol–water partition coefficient (Wildman–Crippen LogP) is 2.42. The van der Waals surface area contributed by atoms with Gasteiger partial charge < -0.3 is 5.32 Å². The lowest BCUT2D eigenvalue weighted by Crippen LogP contribution is -2.10. The molecule has 0 atom stereocenters. The van der Waals surface area contributed by atoms with Crippen molar-refractivity contribution in [1.29, 1.82) is 0 Å². The quantitative estimate of drug-likeness (QED) is 0.804. The van der Waals surface area contributed by atoms with Crippen LogP contribution in [0.15, 0.2) is 40.3 Å². The fourth-order valence-electron chi connectivity index (χ4n) is 3.22. The molecule has 1 fully saturated rings. The number of benzene rings is 1. The average Bonchev–Trinajstić information content (AvgIpc) is 3.22. The van der Waals surface area contributed by atoms with Gasteiger partial charge in [0.1, 0.15) is 0 Å². The second-order valence-corrected chi connectivity index (χ2v) is 10.8. The van der Waals surface area contributed by atoms with E-state index in [-0.39, 0.29) is 9.79 Å². The van der Waals surface area contributed by atoms with E-state index < -0.39 is 19.7 Å². The Balaban J connectivity index is 1.81. The normalized spacial score (nSPS) is 16.1. The third kappa shape index (κ3) is 4.27. The Morgan fingerprint density at radius 1 is 1.08 bits per heavy atom. The molecule has 1 aromatic carbocycles. The number of anilines is 1. The van der Waals surface area contributed by atoms with E-state index in [4.69, 9.17) is 0 Å². The summed E-state index contributed by atoms with van der Waals surface area (Å²) < 4.78 is 49.5. The lowest BCUT2D eigenvalue weighted by molar-refractivity contribution is 0.463. The summed E-state index contributed by atoms with van der Waals surface area (Å²) in [6.07, 6.45) is 8.80. The minimum atomic E-state index is -3.58. The Kier molecular flexibility index (Phi) is 5.12. The topological polar surface area (TPSA) is 98.1 Å². The van der Waals surface area contributed by atoms with Crippen molar-refractivity contribution in [3.8, 4) is 0 Å². The van der Waals surface area contributed by atoms with Gasteiger partial charge in [-0.1, -0.05) is 12.8 Å². The molecule has 9 heteroatoms. The second-order valence-electron chi connectivity index (χ2n) is 6.78. The first-order valence-corrected chi connectivity index (χ1v) is 12.2. The highest BCUT2D eigenvalue weighted by Gasteiger charge is 2.19. The van der Waals surface area contributed by atoms with Crippen LogP contribution in [-0.2, 0) is 26.2 Å². The highest BCUT2D eigenvalue weighted by molar-refractivity contribution is 7.91. The molecule has 1 saturated carbocycles. The molecule has 7 nitrogen and oxygen atoms in total. The minimum Gasteiger partial charge on any atom is -0.378 e. The molecule has 26 heavy (non-hydrogen) atoms. The molecule has 1 aliphatic rings. The van der Waals surface area contributed by atoms with Crippen LogP contribution >= 0.6 is 0 Å². The largest absolute Gasteiger partial charge is 0.378 e. The van der Waals surface area contributed by atoms with Gasteiger partial charge in [0.05, 0.1) is 33.8 Å². The maximum atomic E-state index is 12.1. The van der Waals surface area contributed by atoms with Crippen molar-refractivity contribution in [3.05, 3.63) is 36.2 Å². The molecular formula is C17H23N3O4S2. The van der Waals surface area contributed by atoms with Gasteiger partial charge in [-0.2, -0.15) is 5.10 Å². The summed E-state index contributed by atoms with van der Waals surface area (Å²) in [6.45, 7) is 0.362. The highest BCUT2D eigenvalue weighted by atomic mass is 32.2. The zero-order chi connectivity index (χ0) is 18.9. The molecule has 1 aliphatic carbocycles. The number of aromatic nitrogens is 2. The Morgan fingerprint density at radius 3 is 2.38 bits per heavy atom. The number of hydrogen-bond donors (Lipinski definition) is 1. The smallest absolute Gasteiger partial charge is 0.177 e. The molecule has 0 spiro atoms. The number of nitrogens with one attached hydrogen (secondary N) is 1. The van der Waals surface area contributed by atoms with Crippen LogP contribution in [0.5, 0.6) is 0 Å². The molecule has 0 bridgehead atoms. The van der Waals surface area contributed by atoms with Gasteiger partial charge in [-0.25, -0.2) is 16.8 Å². The van der Waals surface area contributed by atoms with E-state index in [0.29, 0.717) is 18.3 Å². The predicted molar refractivity (Wildman–Crippen MR) is 99.7 cm³/mol. The van der Waals surface area contributed by atoms with E-state index in [1.807, 2.05) is 16.9 Å². The van der Waals surface area contributed by atoms with Crippen LogP contribution in [-0.4, -0.2) is 39.1 Å². The number of sulfone groups is 2. The summed E-state index contributed by atoms with van der Waals surface area (Å²) in [5.74, 6) is 0. The van der Waals surface area contributed by atoms with E-state index in [2.05, 4.69) is 10.4 Å². The van der Waals surface area contributed by atoms with Crippen LogP contribution in [0.2, 0.25) is 0 Å². The molecule has 0 unspecified atom stereocenters. The van der Waals surface area contributed by atoms with Crippen molar-refractivity contribution in [3.63, 3.8) is 0 Å². The van der Waals surface area contributed by atoms with Gasteiger partial charge in [-0.3, -0.25) is 4.68 Å². The molecule has 0 saturated heterocycles. The second kappa shape index (κ2) is 7.03. The summed E-state index contributed by atoms with van der Waals surface area (Å²) in [5.41, 5.74) is 1.18. The van der Waals surface area contributed by atoms with Crippen LogP contribution in [0.3, 0.4) is 0 Å². The molecule has 3 rings (SSSR count). The Labute approximate surface area is 154 Å². The van der Waals surface area contributed by atoms with Gasteiger partial charge in [0.25, 0.3) is 0 Å². The zero-order valence-electron chi connectivity index (χ0n) is 14.8. The maximum Gasteiger partial charge on any atom is 0.177 e. The SMILES string of the molecule is CS(=O)(=O)c1ccc(NCc2ccn(C3CCCC3)n2)c(S(C)(=O)=O)c1. The molecule has 1 N–H and O–H groups in total. The fourth-order valence-corrected chi connectivity index (χ4v) is 4.82. The van der Waals surface area contributed by atoms with Crippen molar-refractivity contribution in [2.24, 2.45) is 0 Å². The molecule has 2 aromatic rings. The Morgan fingerprint density at radius 2 is 1.77 bits per heavy atom. The minimum absolute atomic E-state index is 0.0195. The first-order chi connectivity index (χ1) is 12.1. The Hall–Kier alpha value is -1.87. The number of rotatable bonds is 6. The maximum absolute atomic E-state index is 12.1. The highest BCUT2D eigenvalue weighted by Crippen LogP contribution is 2.29. The van der Waals surface area contributed by atoms with Gasteiger partial charge in [-0.15, -0.1) is 0 Å². The summed E-state index contributed by atoms with van der Waals surface area (Å²) in [5, 5.41) is 7.63. The molecule has 0 amide bonds. The van der Waals surface area contributed by atoms with Gasteiger partial charge in [0.15, 0.2) is 19.7 Å². The molecule has 1 aromatic heterocycles. The van der Waals surface area contributed by atoms with E-state index in [1.165, 1.54) is 31.0 Å². The standard InChI is InChI=1S/C17H23N3O4S2/c1-25(21,22)15-7-8-16(17(11-15)26(2,23)24)18-12-13-9-10-20(19-13)14-5-3-4-6-14/h7-11,14,18H,3-6,12H2,1-2H3. The van der Waals surface area contributed by atoms with E-state index in [1.54, 1.807) is 0 Å². The van der Waals surface area contributed by atoms with Crippen LogP contribution in [0.4, 0.5) is 5.69 Å². The van der Waals surface area contributed by atoms with Crippen LogP contribution < -0.4 is 5.32 Å². The van der Waals surface area contributed by atoms with Gasteiger partial charge in [-0.05, 0) is 37.1 Å². The van der Waals surface area contributed by atoms with Crippen LogP contribution in [0, 0.1) is 0 Å². The third-order valence-electron chi connectivity index (χ3n) is 4.60. The molecule has 0 aliphatic heterocycles. The Bertz CT molecular complexity index is 1000. The first-order valence-electron chi connectivity index (χ1n) is 8.47. The number of hydrogen-bond acceptors (Lipinski definition) is 6. The lowest BCUT2D eigenvalue weighted by Gasteiger charge is -2.12. The van der Waals surface area contributed by atoms with Gasteiger partial charge in [0.2, 0.25) is 0 Å². The monoisotopic (exact) mass is 397 g/mol. The van der Waals surface area contributed by atoms with E-state index in [9.17, 15) is 16.8 Å². The van der Waals surface area contributed by atoms with Crippen molar-refractivity contribution in [2.45, 2.75) is 48.1 Å². The molecule has 0 radical (unpaired) electrons. The van der Waals surface area contributed by atoms with E-state index >= 15 is 0 Å². The van der Waals surface area contributed by atoms with Gasteiger partial charge >= 0.3 is 0 Å². The zero-order valence-corrected chi connectivity index (χ0v) is 16.5. The van der Waals surface area contributed by atoms with Gasteiger partial charge in [0, 0.05) is 18.7 Å². The lowest BCUT2D eigenvalue weighted by atomic mass is 10.3. The van der Waals surface area contributed by atoms with Crippen LogP contribution in [0.25, 0.3) is 0 Å².